The van der Waals surface area contributed by atoms with Gasteiger partial charge < -0.3 is 15.3 Å². The van der Waals surface area contributed by atoms with Crippen molar-refractivity contribution in [2.45, 2.75) is 12.5 Å². The van der Waals surface area contributed by atoms with Gasteiger partial charge in [-0.1, -0.05) is 0 Å². The molecular formula is C12H18BrN3O2. The van der Waals surface area contributed by atoms with E-state index in [0.29, 0.717) is 16.7 Å². The molecule has 0 aromatic carbocycles. The van der Waals surface area contributed by atoms with Gasteiger partial charge >= 0.3 is 0 Å². The average Bonchev–Trinajstić information content (AvgIpc) is 2.25. The first-order chi connectivity index (χ1) is 8.32. The summed E-state index contributed by atoms with van der Waals surface area (Å²) in [5.41, 5.74) is -0.508. The number of aliphatic hydroxyl groups is 1. The smallest absolute Gasteiger partial charge is 0.254 e. The van der Waals surface area contributed by atoms with Crippen LogP contribution in [0.5, 0.6) is 0 Å². The fourth-order valence-electron chi connectivity index (χ4n) is 1.66. The van der Waals surface area contributed by atoms with Crippen molar-refractivity contribution in [1.82, 2.24) is 15.2 Å². The third-order valence-corrected chi connectivity index (χ3v) is 2.92. The number of carbonyl (C=O) groups excluding carboxylic acids is 1. The Morgan fingerprint density at radius 1 is 1.61 bits per heavy atom. The maximum atomic E-state index is 11.9. The van der Waals surface area contributed by atoms with Crippen LogP contribution in [0, 0.1) is 0 Å². The minimum absolute atomic E-state index is 0.186. The van der Waals surface area contributed by atoms with Gasteiger partial charge in [0.05, 0.1) is 11.2 Å². The number of nitrogens with zero attached hydrogens (tertiary/aromatic N) is 2. The summed E-state index contributed by atoms with van der Waals surface area (Å²) >= 11 is 3.21. The third-order valence-electron chi connectivity index (χ3n) is 2.29. The minimum Gasteiger partial charge on any atom is -0.387 e. The number of hydrogen-bond acceptors (Lipinski definition) is 4. The molecule has 100 valence electrons. The zero-order chi connectivity index (χ0) is 13.8. The molecule has 1 atom stereocenters. The molecule has 1 rings (SSSR count). The summed E-state index contributed by atoms with van der Waals surface area (Å²) < 4.78 is 0.495. The molecule has 0 aliphatic carbocycles. The molecule has 5 nitrogen and oxygen atoms in total. The molecule has 0 saturated heterocycles. The summed E-state index contributed by atoms with van der Waals surface area (Å²) in [4.78, 5) is 17.7. The predicted octanol–water partition coefficient (Wildman–Crippen LogP) is 0.886. The van der Waals surface area contributed by atoms with Crippen molar-refractivity contribution in [3.05, 3.63) is 28.5 Å². The lowest BCUT2D eigenvalue weighted by molar-refractivity contribution is 0.0325. The van der Waals surface area contributed by atoms with Crippen LogP contribution in [0.4, 0.5) is 0 Å². The van der Waals surface area contributed by atoms with E-state index in [1.807, 2.05) is 19.0 Å². The van der Waals surface area contributed by atoms with Crippen molar-refractivity contribution in [2.75, 3.05) is 27.2 Å². The van der Waals surface area contributed by atoms with Crippen LogP contribution in [0.1, 0.15) is 17.3 Å². The van der Waals surface area contributed by atoms with Crippen LogP contribution in [0.25, 0.3) is 0 Å². The molecule has 0 fully saturated rings. The first-order valence-electron chi connectivity index (χ1n) is 5.58. The first kappa shape index (κ1) is 15.1. The molecule has 0 spiro atoms. The van der Waals surface area contributed by atoms with Crippen LogP contribution in [0.15, 0.2) is 22.9 Å². The van der Waals surface area contributed by atoms with E-state index >= 15 is 0 Å². The quantitative estimate of drug-likeness (QED) is 0.792. The number of halogens is 1. The molecule has 1 unspecified atom stereocenters. The largest absolute Gasteiger partial charge is 0.387 e. The molecule has 0 radical (unpaired) electrons. The molecule has 1 heterocycles. The molecule has 2 N–H and O–H groups in total. The topological polar surface area (TPSA) is 65.5 Å². The van der Waals surface area contributed by atoms with Gasteiger partial charge in [-0.2, -0.15) is 0 Å². The van der Waals surface area contributed by atoms with Crippen molar-refractivity contribution < 1.29 is 9.90 Å². The zero-order valence-electron chi connectivity index (χ0n) is 10.8. The van der Waals surface area contributed by atoms with Gasteiger partial charge in [-0.05, 0) is 49.1 Å². The normalized spacial score (nSPS) is 14.3. The van der Waals surface area contributed by atoms with E-state index in [9.17, 15) is 9.90 Å². The van der Waals surface area contributed by atoms with Gasteiger partial charge in [0.15, 0.2) is 0 Å². The lowest BCUT2D eigenvalue weighted by Crippen LogP contribution is -2.47. The number of likely N-dealkylation sites (N-methyl/N-ethyl adjacent to an activating group) is 1. The molecule has 6 heteroatoms. The van der Waals surface area contributed by atoms with E-state index in [1.165, 1.54) is 0 Å². The highest BCUT2D eigenvalue weighted by Crippen LogP contribution is 2.12. The molecule has 0 aliphatic rings. The average molecular weight is 316 g/mol. The molecule has 1 aromatic heterocycles. The fourth-order valence-corrected chi connectivity index (χ4v) is 2.09. The van der Waals surface area contributed by atoms with Crippen molar-refractivity contribution >= 4 is 21.8 Å². The lowest BCUT2D eigenvalue weighted by Gasteiger charge is -2.27. The highest BCUT2D eigenvalue weighted by molar-refractivity contribution is 9.10. The van der Waals surface area contributed by atoms with Crippen LogP contribution in [-0.4, -0.2) is 53.7 Å². The summed E-state index contributed by atoms with van der Waals surface area (Å²) in [6, 6.07) is 3.37. The number of pyridine rings is 1. The van der Waals surface area contributed by atoms with Crippen LogP contribution in [0.2, 0.25) is 0 Å². The van der Waals surface area contributed by atoms with Crippen LogP contribution in [0.3, 0.4) is 0 Å². The zero-order valence-corrected chi connectivity index (χ0v) is 12.4. The lowest BCUT2D eigenvalue weighted by atomic mass is 10.1. The fraction of sp³-hybridized carbons (Fsp3) is 0.500. The maximum absolute atomic E-state index is 11.9. The number of nitrogens with one attached hydrogen (secondary N) is 1. The Kier molecular flexibility index (Phi) is 5.25. The van der Waals surface area contributed by atoms with Crippen LogP contribution in [-0.2, 0) is 0 Å². The van der Waals surface area contributed by atoms with Gasteiger partial charge in [-0.25, -0.2) is 4.98 Å². The SMILES string of the molecule is CN(C)CC(C)(O)CNC(=O)c1cccnc1Br. The second-order valence-corrected chi connectivity index (χ2v) is 5.51. The Hall–Kier alpha value is -0.980. The van der Waals surface area contributed by atoms with Crippen molar-refractivity contribution in [1.29, 1.82) is 0 Å². The van der Waals surface area contributed by atoms with Crippen LogP contribution >= 0.6 is 15.9 Å². The Morgan fingerprint density at radius 2 is 2.28 bits per heavy atom. The van der Waals surface area contributed by atoms with Crippen molar-refractivity contribution in [3.63, 3.8) is 0 Å². The van der Waals surface area contributed by atoms with Gasteiger partial charge in [0.25, 0.3) is 5.91 Å². The summed E-state index contributed by atoms with van der Waals surface area (Å²) in [7, 11) is 3.74. The Bertz CT molecular complexity index is 422. The highest BCUT2D eigenvalue weighted by Gasteiger charge is 2.22. The second-order valence-electron chi connectivity index (χ2n) is 4.76. The van der Waals surface area contributed by atoms with Gasteiger partial charge in [0.1, 0.15) is 4.60 Å². The molecule has 1 aromatic rings. The van der Waals surface area contributed by atoms with Crippen molar-refractivity contribution in [3.8, 4) is 0 Å². The van der Waals surface area contributed by atoms with Gasteiger partial charge in [-0.15, -0.1) is 0 Å². The summed E-state index contributed by atoms with van der Waals surface area (Å²) in [6.07, 6.45) is 1.60. The number of carbonyl (C=O) groups is 1. The molecular weight excluding hydrogens is 298 g/mol. The molecule has 0 bridgehead atoms. The number of hydrogen-bond donors (Lipinski definition) is 2. The number of rotatable bonds is 5. The third kappa shape index (κ3) is 4.72. The first-order valence-corrected chi connectivity index (χ1v) is 6.37. The molecule has 18 heavy (non-hydrogen) atoms. The Labute approximate surface area is 115 Å². The summed E-state index contributed by atoms with van der Waals surface area (Å²) in [6.45, 7) is 2.35. The van der Waals surface area contributed by atoms with Crippen LogP contribution < -0.4 is 5.32 Å². The van der Waals surface area contributed by atoms with E-state index in [0.717, 1.165) is 0 Å². The van der Waals surface area contributed by atoms with Gasteiger partial charge in [-0.3, -0.25) is 4.79 Å². The molecule has 0 saturated carbocycles. The highest BCUT2D eigenvalue weighted by atomic mass is 79.9. The molecule has 1 amide bonds. The predicted molar refractivity (Wildman–Crippen MR) is 73.4 cm³/mol. The summed E-state index contributed by atoms with van der Waals surface area (Å²) in [5.74, 6) is -0.256. The van der Waals surface area contributed by atoms with E-state index in [-0.39, 0.29) is 12.5 Å². The minimum atomic E-state index is -0.964. The summed E-state index contributed by atoms with van der Waals surface area (Å²) in [5, 5.41) is 12.8. The van der Waals surface area contributed by atoms with E-state index in [2.05, 4.69) is 26.2 Å². The van der Waals surface area contributed by atoms with Gasteiger partial charge in [0.2, 0.25) is 0 Å². The Balaban J connectivity index is 2.59. The monoisotopic (exact) mass is 315 g/mol. The van der Waals surface area contributed by atoms with E-state index in [4.69, 9.17) is 0 Å². The standard InChI is InChI=1S/C12H18BrN3O2/c1-12(18,8-16(2)3)7-15-11(17)9-5-4-6-14-10(9)13/h4-6,18H,7-8H2,1-3H3,(H,15,17). The second kappa shape index (κ2) is 6.26. The van der Waals surface area contributed by atoms with Crippen molar-refractivity contribution in [2.24, 2.45) is 0 Å². The Morgan fingerprint density at radius 3 is 2.83 bits per heavy atom. The maximum Gasteiger partial charge on any atom is 0.254 e. The van der Waals surface area contributed by atoms with E-state index < -0.39 is 5.60 Å². The number of aromatic nitrogens is 1. The molecule has 0 aliphatic heterocycles. The van der Waals surface area contributed by atoms with Gasteiger partial charge in [0, 0.05) is 19.3 Å². The number of amides is 1. The van der Waals surface area contributed by atoms with E-state index in [1.54, 1.807) is 25.3 Å².